The molecule has 1 aromatic rings. The first kappa shape index (κ1) is 12.8. The predicted molar refractivity (Wildman–Crippen MR) is 57.3 cm³/mol. The third-order valence-corrected chi connectivity index (χ3v) is 2.00. The van der Waals surface area contributed by atoms with Crippen molar-refractivity contribution < 1.29 is 14.3 Å². The molecular weight excluding hydrogens is 210 g/mol. The zero-order valence-corrected chi connectivity index (χ0v) is 9.68. The van der Waals surface area contributed by atoms with E-state index in [4.69, 9.17) is 9.47 Å². The summed E-state index contributed by atoms with van der Waals surface area (Å²) in [4.78, 5) is 11.7. The first-order chi connectivity index (χ1) is 7.79. The minimum absolute atomic E-state index is 0.0421. The van der Waals surface area contributed by atoms with Gasteiger partial charge in [0, 0.05) is 13.7 Å². The summed E-state index contributed by atoms with van der Waals surface area (Å²) in [5.74, 6) is -0.102. The van der Waals surface area contributed by atoms with E-state index in [1.54, 1.807) is 11.8 Å². The highest BCUT2D eigenvalue weighted by atomic mass is 16.5. The molecule has 0 aliphatic heterocycles. The Kier molecular flexibility index (Phi) is 5.66. The van der Waals surface area contributed by atoms with Crippen LogP contribution in [0.3, 0.4) is 0 Å². The Labute approximate surface area is 94.5 Å². The van der Waals surface area contributed by atoms with Gasteiger partial charge in [-0.1, -0.05) is 12.1 Å². The SMILES string of the molecule is CCCn1nncc1C(=O)COCCOC. The maximum Gasteiger partial charge on any atom is 0.208 e. The highest BCUT2D eigenvalue weighted by Crippen LogP contribution is 2.00. The minimum atomic E-state index is -0.102. The van der Waals surface area contributed by atoms with Gasteiger partial charge in [-0.25, -0.2) is 4.68 Å². The smallest absolute Gasteiger partial charge is 0.208 e. The molecule has 0 N–H and O–H groups in total. The summed E-state index contributed by atoms with van der Waals surface area (Å²) in [7, 11) is 1.59. The van der Waals surface area contributed by atoms with Crippen LogP contribution in [0.2, 0.25) is 0 Å². The van der Waals surface area contributed by atoms with Gasteiger partial charge in [-0.15, -0.1) is 5.10 Å². The van der Waals surface area contributed by atoms with E-state index < -0.39 is 0 Å². The molecule has 90 valence electrons. The monoisotopic (exact) mass is 227 g/mol. The van der Waals surface area contributed by atoms with Crippen molar-refractivity contribution in [1.82, 2.24) is 15.0 Å². The Bertz CT molecular complexity index is 325. The van der Waals surface area contributed by atoms with Gasteiger partial charge < -0.3 is 9.47 Å². The number of aromatic nitrogens is 3. The molecule has 0 bridgehead atoms. The highest BCUT2D eigenvalue weighted by Gasteiger charge is 2.12. The predicted octanol–water partition coefficient (Wildman–Crippen LogP) is 0.534. The van der Waals surface area contributed by atoms with Gasteiger partial charge in [0.05, 0.1) is 19.4 Å². The first-order valence-electron chi connectivity index (χ1n) is 5.28. The molecule has 1 heterocycles. The fourth-order valence-electron chi connectivity index (χ4n) is 1.23. The number of hydrogen-bond acceptors (Lipinski definition) is 5. The van der Waals surface area contributed by atoms with E-state index in [-0.39, 0.29) is 12.4 Å². The first-order valence-corrected chi connectivity index (χ1v) is 5.28. The van der Waals surface area contributed by atoms with Crippen LogP contribution in [0.5, 0.6) is 0 Å². The normalized spacial score (nSPS) is 10.6. The molecule has 0 saturated heterocycles. The van der Waals surface area contributed by atoms with Gasteiger partial charge in [0.2, 0.25) is 5.78 Å². The summed E-state index contributed by atoms with van der Waals surface area (Å²) >= 11 is 0. The van der Waals surface area contributed by atoms with Crippen molar-refractivity contribution in [3.63, 3.8) is 0 Å². The number of rotatable bonds is 8. The lowest BCUT2D eigenvalue weighted by Gasteiger charge is -2.04. The van der Waals surface area contributed by atoms with Gasteiger partial charge in [-0.3, -0.25) is 4.79 Å². The molecule has 6 nitrogen and oxygen atoms in total. The van der Waals surface area contributed by atoms with Crippen molar-refractivity contribution in [1.29, 1.82) is 0 Å². The van der Waals surface area contributed by atoms with E-state index in [9.17, 15) is 4.79 Å². The Morgan fingerprint density at radius 3 is 3.00 bits per heavy atom. The standard InChI is InChI=1S/C10H17N3O3/c1-3-4-13-9(7-11-12-13)10(14)8-16-6-5-15-2/h7H,3-6,8H2,1-2H3. The molecule has 0 atom stereocenters. The van der Waals surface area contributed by atoms with Crippen LogP contribution < -0.4 is 0 Å². The van der Waals surface area contributed by atoms with Crippen LogP contribution in [0.1, 0.15) is 23.8 Å². The second-order valence-corrected chi connectivity index (χ2v) is 3.31. The Balaban J connectivity index is 2.42. The summed E-state index contributed by atoms with van der Waals surface area (Å²) < 4.78 is 11.6. The molecule has 0 radical (unpaired) electrons. The van der Waals surface area contributed by atoms with Crippen molar-refractivity contribution in [2.24, 2.45) is 0 Å². The molecule has 0 fully saturated rings. The van der Waals surface area contributed by atoms with Gasteiger partial charge in [0.1, 0.15) is 12.3 Å². The average molecular weight is 227 g/mol. The third kappa shape index (κ3) is 3.71. The van der Waals surface area contributed by atoms with Crippen molar-refractivity contribution in [2.45, 2.75) is 19.9 Å². The largest absolute Gasteiger partial charge is 0.382 e. The minimum Gasteiger partial charge on any atom is -0.382 e. The number of methoxy groups -OCH3 is 1. The quantitative estimate of drug-likeness (QED) is 0.479. The molecule has 0 amide bonds. The lowest BCUT2D eigenvalue weighted by atomic mass is 10.3. The Hall–Kier alpha value is -1.27. The second kappa shape index (κ2) is 7.08. The maximum absolute atomic E-state index is 11.7. The molecule has 0 unspecified atom stereocenters. The van der Waals surface area contributed by atoms with Gasteiger partial charge in [0.25, 0.3) is 0 Å². The number of aryl methyl sites for hydroxylation is 1. The molecule has 0 saturated carbocycles. The van der Waals surface area contributed by atoms with Crippen LogP contribution in [-0.2, 0) is 16.0 Å². The van der Waals surface area contributed by atoms with E-state index >= 15 is 0 Å². The number of nitrogens with zero attached hydrogens (tertiary/aromatic N) is 3. The van der Waals surface area contributed by atoms with E-state index in [0.29, 0.717) is 25.5 Å². The van der Waals surface area contributed by atoms with Crippen LogP contribution in [0.15, 0.2) is 6.20 Å². The fourth-order valence-corrected chi connectivity index (χ4v) is 1.23. The Morgan fingerprint density at radius 2 is 2.31 bits per heavy atom. The van der Waals surface area contributed by atoms with Crippen molar-refractivity contribution in [2.75, 3.05) is 26.9 Å². The molecule has 1 rings (SSSR count). The van der Waals surface area contributed by atoms with E-state index in [0.717, 1.165) is 6.42 Å². The van der Waals surface area contributed by atoms with Gasteiger partial charge in [-0.2, -0.15) is 0 Å². The highest BCUT2D eigenvalue weighted by molar-refractivity contribution is 5.95. The van der Waals surface area contributed by atoms with Crippen LogP contribution in [0.25, 0.3) is 0 Å². The topological polar surface area (TPSA) is 66.2 Å². The van der Waals surface area contributed by atoms with Crippen LogP contribution >= 0.6 is 0 Å². The molecular formula is C10H17N3O3. The van der Waals surface area contributed by atoms with E-state index in [1.165, 1.54) is 6.20 Å². The number of ether oxygens (including phenoxy) is 2. The second-order valence-electron chi connectivity index (χ2n) is 3.31. The molecule has 6 heteroatoms. The summed E-state index contributed by atoms with van der Waals surface area (Å²) in [6.07, 6.45) is 2.38. The zero-order chi connectivity index (χ0) is 11.8. The zero-order valence-electron chi connectivity index (χ0n) is 9.68. The van der Waals surface area contributed by atoms with E-state index in [1.807, 2.05) is 6.92 Å². The number of carbonyl (C=O) groups is 1. The fraction of sp³-hybridized carbons (Fsp3) is 0.700. The van der Waals surface area contributed by atoms with Gasteiger partial charge in [-0.05, 0) is 6.42 Å². The van der Waals surface area contributed by atoms with Gasteiger partial charge >= 0.3 is 0 Å². The summed E-state index contributed by atoms with van der Waals surface area (Å²) in [5.41, 5.74) is 0.499. The number of carbonyl (C=O) groups excluding carboxylic acids is 1. The Morgan fingerprint density at radius 1 is 1.50 bits per heavy atom. The van der Waals surface area contributed by atoms with Crippen LogP contribution in [0, 0.1) is 0 Å². The molecule has 16 heavy (non-hydrogen) atoms. The summed E-state index contributed by atoms with van der Waals surface area (Å²) in [6, 6.07) is 0. The number of ketones is 1. The van der Waals surface area contributed by atoms with Crippen molar-refractivity contribution in [3.05, 3.63) is 11.9 Å². The van der Waals surface area contributed by atoms with Gasteiger partial charge in [0.15, 0.2) is 0 Å². The summed E-state index contributed by atoms with van der Waals surface area (Å²) in [5, 5.41) is 7.56. The molecule has 0 spiro atoms. The molecule has 0 aromatic carbocycles. The van der Waals surface area contributed by atoms with Crippen molar-refractivity contribution in [3.8, 4) is 0 Å². The molecule has 0 aliphatic rings. The molecule has 0 aliphatic carbocycles. The molecule has 1 aromatic heterocycles. The maximum atomic E-state index is 11.7. The van der Waals surface area contributed by atoms with Crippen LogP contribution in [0.4, 0.5) is 0 Å². The number of Topliss-reactive ketones (excluding diaryl/α,β-unsaturated/α-hetero) is 1. The number of hydrogen-bond donors (Lipinski definition) is 0. The third-order valence-electron chi connectivity index (χ3n) is 2.00. The van der Waals surface area contributed by atoms with Crippen molar-refractivity contribution >= 4 is 5.78 Å². The van der Waals surface area contributed by atoms with Crippen LogP contribution in [-0.4, -0.2) is 47.7 Å². The average Bonchev–Trinajstić information content (AvgIpc) is 2.73. The summed E-state index contributed by atoms with van der Waals surface area (Å²) in [6.45, 7) is 3.65. The lowest BCUT2D eigenvalue weighted by Crippen LogP contribution is -2.16. The van der Waals surface area contributed by atoms with E-state index in [2.05, 4.69) is 10.3 Å². The lowest BCUT2D eigenvalue weighted by molar-refractivity contribution is 0.0569.